The average molecular weight is 189 g/mol. The van der Waals surface area contributed by atoms with Gasteiger partial charge in [-0.25, -0.2) is 0 Å². The molecule has 4 nitrogen and oxygen atoms in total. The number of rotatable bonds is 2. The maximum Gasteiger partial charge on any atom is 0.265 e. The minimum absolute atomic E-state index is 0.550. The maximum absolute atomic E-state index is 5.11. The Labute approximate surface area is 82.2 Å². The van der Waals surface area contributed by atoms with E-state index in [-0.39, 0.29) is 0 Å². The van der Waals surface area contributed by atoms with Gasteiger partial charge in [-0.05, 0) is 17.3 Å². The Hall–Kier alpha value is -1.84. The molecule has 0 aliphatic rings. The van der Waals surface area contributed by atoms with Crippen LogP contribution in [0.4, 0.5) is 5.95 Å². The fourth-order valence-corrected chi connectivity index (χ4v) is 1.10. The van der Waals surface area contributed by atoms with E-state index in [2.05, 4.69) is 10.1 Å². The summed E-state index contributed by atoms with van der Waals surface area (Å²) in [6.07, 6.45) is 0. The molecule has 72 valence electrons. The smallest absolute Gasteiger partial charge is 0.265 e. The van der Waals surface area contributed by atoms with Gasteiger partial charge in [-0.2, -0.15) is 4.98 Å². The Balaban J connectivity index is 2.34. The lowest BCUT2D eigenvalue weighted by atomic mass is 10.2. The number of hydrogen-bond donors (Lipinski definition) is 0. The van der Waals surface area contributed by atoms with Crippen molar-refractivity contribution in [2.45, 2.75) is 0 Å². The summed E-state index contributed by atoms with van der Waals surface area (Å²) in [5.74, 6) is 1.14. The molecule has 4 heteroatoms. The summed E-state index contributed by atoms with van der Waals surface area (Å²) in [7, 11) is 3.75. The molecule has 2 rings (SSSR count). The summed E-state index contributed by atoms with van der Waals surface area (Å²) in [4.78, 5) is 6.03. The molecular weight excluding hydrogens is 178 g/mol. The van der Waals surface area contributed by atoms with Gasteiger partial charge in [-0.1, -0.05) is 18.2 Å². The highest BCUT2D eigenvalue weighted by molar-refractivity contribution is 5.53. The molecule has 14 heavy (non-hydrogen) atoms. The van der Waals surface area contributed by atoms with E-state index in [0.29, 0.717) is 11.8 Å². The van der Waals surface area contributed by atoms with Gasteiger partial charge in [-0.15, -0.1) is 0 Å². The summed E-state index contributed by atoms with van der Waals surface area (Å²) in [5, 5.41) is 3.83. The zero-order chi connectivity index (χ0) is 9.97. The van der Waals surface area contributed by atoms with E-state index < -0.39 is 0 Å². The maximum atomic E-state index is 5.11. The number of benzene rings is 1. The van der Waals surface area contributed by atoms with Gasteiger partial charge in [0.05, 0.1) is 0 Å². The molecule has 0 aliphatic carbocycles. The Bertz CT molecular complexity index is 408. The first-order valence-corrected chi connectivity index (χ1v) is 4.34. The fraction of sp³-hybridized carbons (Fsp3) is 0.200. The molecule has 0 saturated carbocycles. The largest absolute Gasteiger partial charge is 0.344 e. The molecule has 0 amide bonds. The molecule has 0 bridgehead atoms. The van der Waals surface area contributed by atoms with Gasteiger partial charge in [0.15, 0.2) is 0 Å². The second-order valence-electron chi connectivity index (χ2n) is 3.16. The first kappa shape index (κ1) is 8.74. The highest BCUT2D eigenvalue weighted by Crippen LogP contribution is 2.18. The van der Waals surface area contributed by atoms with Gasteiger partial charge in [-0.3, -0.25) is 0 Å². The van der Waals surface area contributed by atoms with Crippen LogP contribution in [0.15, 0.2) is 34.9 Å². The Morgan fingerprint density at radius 3 is 2.43 bits per heavy atom. The van der Waals surface area contributed by atoms with Crippen LogP contribution in [0.3, 0.4) is 0 Å². The standard InChI is InChI=1S/C10H11N3O/c1-13(2)10-11-9(14-12-10)8-6-4-3-5-7-8/h3-7H,1-2H3. The van der Waals surface area contributed by atoms with Crippen LogP contribution in [0.5, 0.6) is 0 Å². The first-order chi connectivity index (χ1) is 6.77. The van der Waals surface area contributed by atoms with E-state index in [4.69, 9.17) is 4.52 Å². The van der Waals surface area contributed by atoms with E-state index >= 15 is 0 Å². The molecule has 0 saturated heterocycles. The van der Waals surface area contributed by atoms with Crippen molar-refractivity contribution in [3.63, 3.8) is 0 Å². The molecule has 0 atom stereocenters. The topological polar surface area (TPSA) is 42.2 Å². The minimum Gasteiger partial charge on any atom is -0.344 e. The zero-order valence-corrected chi connectivity index (χ0v) is 8.14. The van der Waals surface area contributed by atoms with Crippen molar-refractivity contribution in [2.75, 3.05) is 19.0 Å². The molecule has 1 heterocycles. The summed E-state index contributed by atoms with van der Waals surface area (Å²) in [6, 6.07) is 9.70. The molecular formula is C10H11N3O. The van der Waals surface area contributed by atoms with Crippen molar-refractivity contribution in [1.29, 1.82) is 0 Å². The lowest BCUT2D eigenvalue weighted by Gasteiger charge is -2.02. The van der Waals surface area contributed by atoms with Crippen LogP contribution in [-0.4, -0.2) is 24.2 Å². The van der Waals surface area contributed by atoms with Gasteiger partial charge < -0.3 is 9.42 Å². The van der Waals surface area contributed by atoms with E-state index in [0.717, 1.165) is 5.56 Å². The monoisotopic (exact) mass is 189 g/mol. The van der Waals surface area contributed by atoms with Gasteiger partial charge in [0.25, 0.3) is 11.8 Å². The molecule has 2 aromatic rings. The number of hydrogen-bond acceptors (Lipinski definition) is 4. The van der Waals surface area contributed by atoms with Crippen molar-refractivity contribution in [3.05, 3.63) is 30.3 Å². The van der Waals surface area contributed by atoms with Gasteiger partial charge >= 0.3 is 0 Å². The van der Waals surface area contributed by atoms with Crippen LogP contribution >= 0.6 is 0 Å². The zero-order valence-electron chi connectivity index (χ0n) is 8.14. The molecule has 0 N–H and O–H groups in total. The highest BCUT2D eigenvalue weighted by atomic mass is 16.5. The minimum atomic E-state index is 0.550. The van der Waals surface area contributed by atoms with Crippen LogP contribution in [0.25, 0.3) is 11.5 Å². The summed E-state index contributed by atoms with van der Waals surface area (Å²) >= 11 is 0. The van der Waals surface area contributed by atoms with Crippen molar-refractivity contribution >= 4 is 5.95 Å². The first-order valence-electron chi connectivity index (χ1n) is 4.34. The van der Waals surface area contributed by atoms with E-state index in [1.807, 2.05) is 44.4 Å². The molecule has 0 unspecified atom stereocenters. The lowest BCUT2D eigenvalue weighted by molar-refractivity contribution is 0.431. The SMILES string of the molecule is CN(C)c1noc(-c2ccccc2)n1. The summed E-state index contributed by atoms with van der Waals surface area (Å²) in [5.41, 5.74) is 0.938. The molecule has 0 spiro atoms. The van der Waals surface area contributed by atoms with E-state index in [1.165, 1.54) is 0 Å². The predicted molar refractivity (Wildman–Crippen MR) is 54.1 cm³/mol. The number of aromatic nitrogens is 2. The third-order valence-corrected chi connectivity index (χ3v) is 1.84. The third-order valence-electron chi connectivity index (χ3n) is 1.84. The fourth-order valence-electron chi connectivity index (χ4n) is 1.10. The predicted octanol–water partition coefficient (Wildman–Crippen LogP) is 1.80. The quantitative estimate of drug-likeness (QED) is 0.722. The van der Waals surface area contributed by atoms with Gasteiger partial charge in [0, 0.05) is 19.7 Å². The Morgan fingerprint density at radius 2 is 1.86 bits per heavy atom. The van der Waals surface area contributed by atoms with Crippen LogP contribution in [0.1, 0.15) is 0 Å². The molecule has 1 aromatic carbocycles. The van der Waals surface area contributed by atoms with Crippen LogP contribution in [0.2, 0.25) is 0 Å². The number of nitrogens with zero attached hydrogens (tertiary/aromatic N) is 3. The Kier molecular flexibility index (Phi) is 2.18. The van der Waals surface area contributed by atoms with E-state index in [9.17, 15) is 0 Å². The van der Waals surface area contributed by atoms with Crippen LogP contribution in [-0.2, 0) is 0 Å². The van der Waals surface area contributed by atoms with E-state index in [1.54, 1.807) is 4.90 Å². The van der Waals surface area contributed by atoms with Crippen molar-refractivity contribution < 1.29 is 4.52 Å². The van der Waals surface area contributed by atoms with Crippen molar-refractivity contribution in [3.8, 4) is 11.5 Å². The second-order valence-corrected chi connectivity index (χ2v) is 3.16. The lowest BCUT2D eigenvalue weighted by Crippen LogP contribution is -2.09. The summed E-state index contributed by atoms with van der Waals surface area (Å²) in [6.45, 7) is 0. The van der Waals surface area contributed by atoms with Crippen molar-refractivity contribution in [2.24, 2.45) is 0 Å². The molecule has 0 radical (unpaired) electrons. The number of anilines is 1. The Morgan fingerprint density at radius 1 is 1.14 bits per heavy atom. The van der Waals surface area contributed by atoms with Gasteiger partial charge in [0.1, 0.15) is 0 Å². The normalized spacial score (nSPS) is 10.1. The molecule has 0 aliphatic heterocycles. The summed E-state index contributed by atoms with van der Waals surface area (Å²) < 4.78 is 5.11. The second kappa shape index (κ2) is 3.49. The average Bonchev–Trinajstić information content (AvgIpc) is 2.68. The van der Waals surface area contributed by atoms with Gasteiger partial charge in [0.2, 0.25) is 0 Å². The molecule has 1 aromatic heterocycles. The van der Waals surface area contributed by atoms with Crippen LogP contribution < -0.4 is 4.90 Å². The van der Waals surface area contributed by atoms with Crippen LogP contribution in [0, 0.1) is 0 Å². The molecule has 0 fully saturated rings. The highest BCUT2D eigenvalue weighted by Gasteiger charge is 2.08. The van der Waals surface area contributed by atoms with Crippen molar-refractivity contribution in [1.82, 2.24) is 10.1 Å². The third kappa shape index (κ3) is 1.59.